The van der Waals surface area contributed by atoms with Crippen molar-refractivity contribution in [3.8, 4) is 17.0 Å². The van der Waals surface area contributed by atoms with Gasteiger partial charge in [-0.25, -0.2) is 9.07 Å². The predicted molar refractivity (Wildman–Crippen MR) is 88.0 cm³/mol. The number of carbonyl (C=O) groups excluding carboxylic acids is 1. The van der Waals surface area contributed by atoms with E-state index in [0.717, 1.165) is 31.5 Å². The lowest BCUT2D eigenvalue weighted by atomic mass is 9.99. The fourth-order valence-electron chi connectivity index (χ4n) is 3.11. The highest BCUT2D eigenvalue weighted by molar-refractivity contribution is 6.30. The number of hydrogen-bond acceptors (Lipinski definition) is 3. The van der Waals surface area contributed by atoms with Gasteiger partial charge in [-0.3, -0.25) is 4.79 Å². The summed E-state index contributed by atoms with van der Waals surface area (Å²) in [5.74, 6) is -0.109. The number of halogens is 2. The minimum absolute atomic E-state index is 0.0637. The molecule has 1 fully saturated rings. The minimum atomic E-state index is -0.518. The van der Waals surface area contributed by atoms with Gasteiger partial charge in [0.2, 0.25) is 5.88 Å². The summed E-state index contributed by atoms with van der Waals surface area (Å²) < 4.78 is 21.5. The Bertz CT molecular complexity index is 830. The first-order chi connectivity index (χ1) is 11.6. The summed E-state index contributed by atoms with van der Waals surface area (Å²) in [7, 11) is 0. The lowest BCUT2D eigenvalue weighted by Gasteiger charge is -2.30. The molecule has 1 aromatic carbocycles. The first kappa shape index (κ1) is 15.4. The summed E-state index contributed by atoms with van der Waals surface area (Å²) in [6, 6.07) is 2.93. The number of fused-ring (bicyclic) bond motifs is 1. The van der Waals surface area contributed by atoms with Gasteiger partial charge in [0, 0.05) is 26.1 Å². The molecule has 1 saturated heterocycles. The molecule has 1 amide bonds. The Balaban J connectivity index is 1.91. The largest absolute Gasteiger partial charge is 0.477 e. The lowest BCUT2D eigenvalue weighted by molar-refractivity contribution is 0.0645. The van der Waals surface area contributed by atoms with Crippen molar-refractivity contribution in [2.24, 2.45) is 0 Å². The van der Waals surface area contributed by atoms with Crippen molar-refractivity contribution in [2.75, 3.05) is 19.7 Å². The van der Waals surface area contributed by atoms with Crippen molar-refractivity contribution in [3.63, 3.8) is 0 Å². The average molecular weight is 350 g/mol. The SMILES string of the molecule is Cc1cc(Cl)c(F)cc1-c1c(C(=O)N2CCC2)nn2c1OCCC2. The number of amides is 1. The van der Waals surface area contributed by atoms with Crippen molar-refractivity contribution in [1.82, 2.24) is 14.7 Å². The summed E-state index contributed by atoms with van der Waals surface area (Å²) >= 11 is 5.87. The van der Waals surface area contributed by atoms with Crippen LogP contribution in [0.4, 0.5) is 4.39 Å². The van der Waals surface area contributed by atoms with Crippen LogP contribution in [0.15, 0.2) is 12.1 Å². The summed E-state index contributed by atoms with van der Waals surface area (Å²) in [4.78, 5) is 14.5. The molecule has 0 N–H and O–H groups in total. The highest BCUT2D eigenvalue weighted by atomic mass is 35.5. The van der Waals surface area contributed by atoms with E-state index in [1.54, 1.807) is 15.6 Å². The van der Waals surface area contributed by atoms with E-state index in [-0.39, 0.29) is 10.9 Å². The second kappa shape index (κ2) is 5.77. The molecule has 0 radical (unpaired) electrons. The maximum Gasteiger partial charge on any atom is 0.275 e. The zero-order valence-corrected chi connectivity index (χ0v) is 14.1. The van der Waals surface area contributed by atoms with Gasteiger partial charge in [0.05, 0.1) is 17.2 Å². The van der Waals surface area contributed by atoms with E-state index < -0.39 is 5.82 Å². The summed E-state index contributed by atoms with van der Waals surface area (Å²) in [6.45, 7) is 4.55. The van der Waals surface area contributed by atoms with Crippen LogP contribution in [0, 0.1) is 12.7 Å². The number of carbonyl (C=O) groups is 1. The van der Waals surface area contributed by atoms with Crippen LogP contribution in [0.3, 0.4) is 0 Å². The molecule has 4 rings (SSSR count). The zero-order chi connectivity index (χ0) is 16.8. The molecule has 0 atom stereocenters. The number of hydrogen-bond donors (Lipinski definition) is 0. The first-order valence-corrected chi connectivity index (χ1v) is 8.43. The summed E-state index contributed by atoms with van der Waals surface area (Å²) in [6.07, 6.45) is 1.83. The zero-order valence-electron chi connectivity index (χ0n) is 13.3. The van der Waals surface area contributed by atoms with Crippen LogP contribution in [0.25, 0.3) is 11.1 Å². The quantitative estimate of drug-likeness (QED) is 0.836. The van der Waals surface area contributed by atoms with Gasteiger partial charge in [-0.15, -0.1) is 0 Å². The van der Waals surface area contributed by atoms with E-state index in [1.165, 1.54) is 6.07 Å². The monoisotopic (exact) mass is 349 g/mol. The number of likely N-dealkylation sites (tertiary alicyclic amines) is 1. The van der Waals surface area contributed by atoms with Gasteiger partial charge in [0.25, 0.3) is 5.91 Å². The first-order valence-electron chi connectivity index (χ1n) is 8.05. The molecule has 1 aromatic heterocycles. The van der Waals surface area contributed by atoms with E-state index in [9.17, 15) is 9.18 Å². The molecule has 7 heteroatoms. The van der Waals surface area contributed by atoms with Gasteiger partial charge >= 0.3 is 0 Å². The molecule has 0 unspecified atom stereocenters. The van der Waals surface area contributed by atoms with Crippen molar-refractivity contribution in [2.45, 2.75) is 26.3 Å². The maximum absolute atomic E-state index is 14.1. The van der Waals surface area contributed by atoms with Crippen LogP contribution < -0.4 is 4.74 Å². The molecule has 24 heavy (non-hydrogen) atoms. The molecule has 0 spiro atoms. The van der Waals surface area contributed by atoms with Crippen LogP contribution in [-0.4, -0.2) is 40.3 Å². The molecule has 0 bridgehead atoms. The molecule has 126 valence electrons. The molecule has 2 aliphatic rings. The second-order valence-electron chi connectivity index (χ2n) is 6.18. The van der Waals surface area contributed by atoms with E-state index >= 15 is 0 Å². The molecular weight excluding hydrogens is 333 g/mol. The number of rotatable bonds is 2. The van der Waals surface area contributed by atoms with Crippen molar-refractivity contribution in [3.05, 3.63) is 34.2 Å². The van der Waals surface area contributed by atoms with Crippen molar-refractivity contribution in [1.29, 1.82) is 0 Å². The predicted octanol–water partition coefficient (Wildman–Crippen LogP) is 3.28. The number of benzene rings is 1. The van der Waals surface area contributed by atoms with Gasteiger partial charge in [0.1, 0.15) is 5.82 Å². The second-order valence-corrected chi connectivity index (χ2v) is 6.59. The van der Waals surface area contributed by atoms with Crippen LogP contribution in [0.1, 0.15) is 28.9 Å². The van der Waals surface area contributed by atoms with Gasteiger partial charge in [-0.05, 0) is 36.6 Å². The topological polar surface area (TPSA) is 47.4 Å². The Labute approximate surface area is 144 Å². The highest BCUT2D eigenvalue weighted by Gasteiger charge is 2.32. The lowest BCUT2D eigenvalue weighted by Crippen LogP contribution is -2.42. The Morgan fingerprint density at radius 2 is 2.08 bits per heavy atom. The maximum atomic E-state index is 14.1. The number of ether oxygens (including phenoxy) is 1. The molecular formula is C17H17ClFN3O2. The normalized spacial score (nSPS) is 16.4. The van der Waals surface area contributed by atoms with E-state index in [1.807, 2.05) is 6.92 Å². The van der Waals surface area contributed by atoms with E-state index in [2.05, 4.69) is 5.10 Å². The molecule has 2 aromatic rings. The van der Waals surface area contributed by atoms with Gasteiger partial charge in [-0.1, -0.05) is 11.6 Å². The van der Waals surface area contributed by atoms with Crippen LogP contribution in [0.2, 0.25) is 5.02 Å². The Kier molecular flexibility index (Phi) is 3.72. The number of aryl methyl sites for hydroxylation is 2. The smallest absolute Gasteiger partial charge is 0.275 e. The molecule has 0 aliphatic carbocycles. The fraction of sp³-hybridized carbons (Fsp3) is 0.412. The standard InChI is InChI=1S/C17H17ClFN3O2/c1-10-8-12(18)13(19)9-11(10)14-15(16(23)21-4-2-5-21)20-22-6-3-7-24-17(14)22/h8-9H,2-7H2,1H3. The molecule has 0 saturated carbocycles. The van der Waals surface area contributed by atoms with Crippen LogP contribution in [-0.2, 0) is 6.54 Å². The Morgan fingerprint density at radius 1 is 1.29 bits per heavy atom. The summed E-state index contributed by atoms with van der Waals surface area (Å²) in [5.41, 5.74) is 2.28. The third-order valence-corrected chi connectivity index (χ3v) is 4.83. The molecule has 3 heterocycles. The van der Waals surface area contributed by atoms with Crippen LogP contribution >= 0.6 is 11.6 Å². The van der Waals surface area contributed by atoms with Gasteiger partial charge in [-0.2, -0.15) is 5.10 Å². The Morgan fingerprint density at radius 3 is 2.79 bits per heavy atom. The molecule has 2 aliphatic heterocycles. The fourth-order valence-corrected chi connectivity index (χ4v) is 3.32. The summed E-state index contributed by atoms with van der Waals surface area (Å²) in [5, 5.41) is 4.53. The van der Waals surface area contributed by atoms with Crippen molar-refractivity contribution >= 4 is 17.5 Å². The third kappa shape index (κ3) is 2.36. The van der Waals surface area contributed by atoms with Crippen molar-refractivity contribution < 1.29 is 13.9 Å². The number of nitrogens with zero attached hydrogens (tertiary/aromatic N) is 3. The van der Waals surface area contributed by atoms with Gasteiger partial charge in [0.15, 0.2) is 5.69 Å². The van der Waals surface area contributed by atoms with Crippen LogP contribution in [0.5, 0.6) is 5.88 Å². The number of aromatic nitrogens is 2. The third-order valence-electron chi connectivity index (χ3n) is 4.54. The molecule has 5 nitrogen and oxygen atoms in total. The van der Waals surface area contributed by atoms with Gasteiger partial charge < -0.3 is 9.64 Å². The highest BCUT2D eigenvalue weighted by Crippen LogP contribution is 2.39. The van der Waals surface area contributed by atoms with E-state index in [4.69, 9.17) is 16.3 Å². The Hall–Kier alpha value is -2.08. The van der Waals surface area contributed by atoms with E-state index in [0.29, 0.717) is 35.9 Å². The minimum Gasteiger partial charge on any atom is -0.477 e. The average Bonchev–Trinajstić information content (AvgIpc) is 2.88.